The fourth-order valence-corrected chi connectivity index (χ4v) is 1.72. The minimum absolute atomic E-state index is 0.0866. The molecule has 0 aliphatic rings. The molecule has 0 fully saturated rings. The SMILES string of the molecule is Cc1ccc(N)cc1C(=O)NCCCC(C)CO. The highest BCUT2D eigenvalue weighted by atomic mass is 16.3. The van der Waals surface area contributed by atoms with Crippen LogP contribution >= 0.6 is 0 Å². The molecule has 1 unspecified atom stereocenters. The maximum absolute atomic E-state index is 11.9. The Bertz CT molecular complexity index is 405. The number of aliphatic hydroxyl groups is 1. The Hall–Kier alpha value is -1.55. The van der Waals surface area contributed by atoms with E-state index >= 15 is 0 Å². The normalized spacial score (nSPS) is 12.2. The van der Waals surface area contributed by atoms with Crippen molar-refractivity contribution < 1.29 is 9.90 Å². The highest BCUT2D eigenvalue weighted by Gasteiger charge is 2.08. The van der Waals surface area contributed by atoms with Gasteiger partial charge in [-0.3, -0.25) is 4.79 Å². The minimum Gasteiger partial charge on any atom is -0.399 e. The van der Waals surface area contributed by atoms with E-state index in [1.807, 2.05) is 19.9 Å². The first-order valence-electron chi connectivity index (χ1n) is 6.29. The second-order valence-electron chi connectivity index (χ2n) is 4.76. The molecule has 0 radical (unpaired) electrons. The van der Waals surface area contributed by atoms with Crippen LogP contribution in [0.2, 0.25) is 0 Å². The molecule has 0 aliphatic carbocycles. The van der Waals surface area contributed by atoms with Gasteiger partial charge < -0.3 is 16.2 Å². The van der Waals surface area contributed by atoms with Crippen LogP contribution in [0.3, 0.4) is 0 Å². The number of anilines is 1. The van der Waals surface area contributed by atoms with Crippen molar-refractivity contribution in [1.82, 2.24) is 5.32 Å². The second kappa shape index (κ2) is 7.01. The molecule has 0 bridgehead atoms. The summed E-state index contributed by atoms with van der Waals surface area (Å²) in [6, 6.07) is 5.33. The van der Waals surface area contributed by atoms with Crippen molar-refractivity contribution in [2.24, 2.45) is 5.92 Å². The molecule has 0 aliphatic heterocycles. The van der Waals surface area contributed by atoms with Crippen molar-refractivity contribution >= 4 is 11.6 Å². The summed E-state index contributed by atoms with van der Waals surface area (Å²) >= 11 is 0. The number of amides is 1. The summed E-state index contributed by atoms with van der Waals surface area (Å²) in [5.74, 6) is 0.201. The van der Waals surface area contributed by atoms with E-state index in [1.165, 1.54) is 0 Å². The molecule has 1 amide bonds. The third-order valence-corrected chi connectivity index (χ3v) is 2.98. The van der Waals surface area contributed by atoms with Gasteiger partial charge in [0.15, 0.2) is 0 Å². The Balaban J connectivity index is 2.43. The first-order valence-corrected chi connectivity index (χ1v) is 6.29. The van der Waals surface area contributed by atoms with E-state index in [0.717, 1.165) is 18.4 Å². The number of rotatable bonds is 6. The van der Waals surface area contributed by atoms with Crippen molar-refractivity contribution in [2.75, 3.05) is 18.9 Å². The van der Waals surface area contributed by atoms with Gasteiger partial charge >= 0.3 is 0 Å². The third-order valence-electron chi connectivity index (χ3n) is 2.98. The first kappa shape index (κ1) is 14.5. The summed E-state index contributed by atoms with van der Waals surface area (Å²) in [5, 5.41) is 11.8. The zero-order valence-corrected chi connectivity index (χ0v) is 11.1. The molecule has 1 aromatic carbocycles. The lowest BCUT2D eigenvalue weighted by atomic mass is 10.1. The lowest BCUT2D eigenvalue weighted by molar-refractivity contribution is 0.0951. The molecular formula is C14H22N2O2. The van der Waals surface area contributed by atoms with Gasteiger partial charge in [-0.15, -0.1) is 0 Å². The molecule has 1 atom stereocenters. The van der Waals surface area contributed by atoms with Crippen LogP contribution in [-0.4, -0.2) is 24.2 Å². The van der Waals surface area contributed by atoms with Gasteiger partial charge in [-0.2, -0.15) is 0 Å². The smallest absolute Gasteiger partial charge is 0.251 e. The Kier molecular flexibility index (Phi) is 5.65. The van der Waals surface area contributed by atoms with Crippen molar-refractivity contribution in [3.05, 3.63) is 29.3 Å². The average Bonchev–Trinajstić information content (AvgIpc) is 2.36. The van der Waals surface area contributed by atoms with E-state index < -0.39 is 0 Å². The molecule has 100 valence electrons. The maximum atomic E-state index is 11.9. The van der Waals surface area contributed by atoms with Gasteiger partial charge in [-0.05, 0) is 43.4 Å². The Morgan fingerprint density at radius 2 is 2.22 bits per heavy atom. The number of hydrogen-bond donors (Lipinski definition) is 3. The van der Waals surface area contributed by atoms with Crippen LogP contribution in [0, 0.1) is 12.8 Å². The molecule has 0 aromatic heterocycles. The maximum Gasteiger partial charge on any atom is 0.251 e. The Morgan fingerprint density at radius 3 is 2.89 bits per heavy atom. The average molecular weight is 250 g/mol. The summed E-state index contributed by atoms with van der Waals surface area (Å²) in [6.07, 6.45) is 1.78. The lowest BCUT2D eigenvalue weighted by Crippen LogP contribution is -2.25. The quantitative estimate of drug-likeness (QED) is 0.531. The molecule has 0 heterocycles. The molecule has 4 N–H and O–H groups in total. The van der Waals surface area contributed by atoms with Gasteiger partial charge in [0, 0.05) is 24.4 Å². The number of nitrogen functional groups attached to an aromatic ring is 1. The Labute approximate surface area is 108 Å². The first-order chi connectivity index (χ1) is 8.54. The summed E-state index contributed by atoms with van der Waals surface area (Å²) in [6.45, 7) is 4.70. The number of aliphatic hydroxyl groups excluding tert-OH is 1. The molecular weight excluding hydrogens is 228 g/mol. The van der Waals surface area contributed by atoms with Gasteiger partial charge in [0.25, 0.3) is 5.91 Å². The molecule has 0 saturated carbocycles. The van der Waals surface area contributed by atoms with Crippen LogP contribution in [0.15, 0.2) is 18.2 Å². The standard InChI is InChI=1S/C14H22N2O2/c1-10(9-17)4-3-7-16-14(18)13-8-12(15)6-5-11(13)2/h5-6,8,10,17H,3-4,7,9,15H2,1-2H3,(H,16,18). The van der Waals surface area contributed by atoms with Gasteiger partial charge in [0.2, 0.25) is 0 Å². The van der Waals surface area contributed by atoms with E-state index in [4.69, 9.17) is 10.8 Å². The monoisotopic (exact) mass is 250 g/mol. The van der Waals surface area contributed by atoms with E-state index in [0.29, 0.717) is 17.8 Å². The van der Waals surface area contributed by atoms with Crippen LogP contribution in [-0.2, 0) is 0 Å². The van der Waals surface area contributed by atoms with Gasteiger partial charge in [0.1, 0.15) is 0 Å². The minimum atomic E-state index is -0.0866. The van der Waals surface area contributed by atoms with Gasteiger partial charge in [0.05, 0.1) is 0 Å². The number of aryl methyl sites for hydroxylation is 1. The summed E-state index contributed by atoms with van der Waals surface area (Å²) in [5.41, 5.74) is 7.82. The molecule has 4 heteroatoms. The fraction of sp³-hybridized carbons (Fsp3) is 0.500. The predicted octanol–water partition coefficient (Wildman–Crippen LogP) is 1.72. The van der Waals surface area contributed by atoms with Gasteiger partial charge in [-0.25, -0.2) is 0 Å². The number of hydrogen-bond acceptors (Lipinski definition) is 3. The number of nitrogens with one attached hydrogen (secondary N) is 1. The van der Waals surface area contributed by atoms with Crippen molar-refractivity contribution in [3.8, 4) is 0 Å². The third kappa shape index (κ3) is 4.37. The van der Waals surface area contributed by atoms with Crippen molar-refractivity contribution in [1.29, 1.82) is 0 Å². The van der Waals surface area contributed by atoms with Crippen molar-refractivity contribution in [2.45, 2.75) is 26.7 Å². The molecule has 18 heavy (non-hydrogen) atoms. The summed E-state index contributed by atoms with van der Waals surface area (Å²) in [7, 11) is 0. The largest absolute Gasteiger partial charge is 0.399 e. The molecule has 0 spiro atoms. The van der Waals surface area contributed by atoms with Crippen LogP contribution < -0.4 is 11.1 Å². The summed E-state index contributed by atoms with van der Waals surface area (Å²) in [4.78, 5) is 11.9. The molecule has 4 nitrogen and oxygen atoms in total. The fourth-order valence-electron chi connectivity index (χ4n) is 1.72. The highest BCUT2D eigenvalue weighted by molar-refractivity contribution is 5.96. The number of benzene rings is 1. The number of carbonyl (C=O) groups is 1. The molecule has 1 rings (SSSR count). The number of carbonyl (C=O) groups excluding carboxylic acids is 1. The van der Waals surface area contributed by atoms with Crippen molar-refractivity contribution in [3.63, 3.8) is 0 Å². The zero-order valence-electron chi connectivity index (χ0n) is 11.1. The lowest BCUT2D eigenvalue weighted by Gasteiger charge is -2.10. The number of nitrogens with two attached hydrogens (primary N) is 1. The van der Waals surface area contributed by atoms with Crippen LogP contribution in [0.1, 0.15) is 35.7 Å². The Morgan fingerprint density at radius 1 is 1.50 bits per heavy atom. The zero-order chi connectivity index (χ0) is 13.5. The molecule has 1 aromatic rings. The van der Waals surface area contributed by atoms with E-state index in [-0.39, 0.29) is 18.4 Å². The van der Waals surface area contributed by atoms with Gasteiger partial charge in [-0.1, -0.05) is 13.0 Å². The van der Waals surface area contributed by atoms with E-state index in [2.05, 4.69) is 5.32 Å². The van der Waals surface area contributed by atoms with Crippen LogP contribution in [0.4, 0.5) is 5.69 Å². The second-order valence-corrected chi connectivity index (χ2v) is 4.76. The topological polar surface area (TPSA) is 75.4 Å². The van der Waals surface area contributed by atoms with E-state index in [9.17, 15) is 4.79 Å². The molecule has 0 saturated heterocycles. The summed E-state index contributed by atoms with van der Waals surface area (Å²) < 4.78 is 0. The highest BCUT2D eigenvalue weighted by Crippen LogP contribution is 2.12. The van der Waals surface area contributed by atoms with Crippen LogP contribution in [0.5, 0.6) is 0 Å². The van der Waals surface area contributed by atoms with Crippen LogP contribution in [0.25, 0.3) is 0 Å². The predicted molar refractivity (Wildman–Crippen MR) is 73.4 cm³/mol. The van der Waals surface area contributed by atoms with E-state index in [1.54, 1.807) is 12.1 Å².